The van der Waals surface area contributed by atoms with Gasteiger partial charge in [-0.15, -0.1) is 0 Å². The maximum atomic E-state index is 8.98. The second-order valence-corrected chi connectivity index (χ2v) is 4.91. The summed E-state index contributed by atoms with van der Waals surface area (Å²) < 4.78 is 1.05. The third kappa shape index (κ3) is 1.71. The summed E-state index contributed by atoms with van der Waals surface area (Å²) in [6.07, 6.45) is 1.98. The van der Waals surface area contributed by atoms with Crippen LogP contribution in [0.1, 0.15) is 5.56 Å². The summed E-state index contributed by atoms with van der Waals surface area (Å²) in [6.45, 7) is 0. The molecule has 0 saturated carbocycles. The van der Waals surface area contributed by atoms with Crippen molar-refractivity contribution in [3.05, 3.63) is 58.7 Å². The highest BCUT2D eigenvalue weighted by Crippen LogP contribution is 2.33. The Balaban J connectivity index is 2.31. The molecule has 0 radical (unpaired) electrons. The van der Waals surface area contributed by atoms with Gasteiger partial charge in [0.15, 0.2) is 0 Å². The maximum absolute atomic E-state index is 8.98. The van der Waals surface area contributed by atoms with Gasteiger partial charge < -0.3 is 4.98 Å². The van der Waals surface area contributed by atoms with E-state index in [1.165, 1.54) is 0 Å². The lowest BCUT2D eigenvalue weighted by atomic mass is 10.0. The van der Waals surface area contributed by atoms with Gasteiger partial charge in [-0.25, -0.2) is 0 Å². The largest absolute Gasteiger partial charge is 0.361 e. The van der Waals surface area contributed by atoms with Gasteiger partial charge in [-0.05, 0) is 29.8 Å². The van der Waals surface area contributed by atoms with Gasteiger partial charge in [0.1, 0.15) is 0 Å². The monoisotopic (exact) mass is 296 g/mol. The zero-order valence-electron chi connectivity index (χ0n) is 9.44. The van der Waals surface area contributed by atoms with Crippen LogP contribution in [-0.2, 0) is 0 Å². The lowest BCUT2D eigenvalue weighted by Crippen LogP contribution is -1.78. The Labute approximate surface area is 113 Å². The second kappa shape index (κ2) is 4.32. The Morgan fingerprint density at radius 3 is 2.67 bits per heavy atom. The highest BCUT2D eigenvalue weighted by Gasteiger charge is 2.09. The molecule has 86 valence electrons. The number of fused-ring (bicyclic) bond motifs is 1. The average Bonchev–Trinajstić information content (AvgIpc) is 2.82. The van der Waals surface area contributed by atoms with Crippen LogP contribution in [0.3, 0.4) is 0 Å². The predicted octanol–water partition coefficient (Wildman–Crippen LogP) is 4.47. The number of benzene rings is 2. The van der Waals surface area contributed by atoms with Gasteiger partial charge in [0.05, 0.1) is 11.6 Å². The highest BCUT2D eigenvalue weighted by molar-refractivity contribution is 9.10. The molecule has 3 aromatic rings. The van der Waals surface area contributed by atoms with Gasteiger partial charge in [0.25, 0.3) is 0 Å². The minimum atomic E-state index is 0.676. The van der Waals surface area contributed by atoms with Crippen LogP contribution in [-0.4, -0.2) is 4.98 Å². The van der Waals surface area contributed by atoms with Crippen molar-refractivity contribution in [2.24, 2.45) is 0 Å². The molecule has 0 fully saturated rings. The Morgan fingerprint density at radius 2 is 1.89 bits per heavy atom. The van der Waals surface area contributed by atoms with E-state index < -0.39 is 0 Å². The summed E-state index contributed by atoms with van der Waals surface area (Å²) in [6, 6.07) is 15.9. The Hall–Kier alpha value is -2.05. The molecule has 3 heteroatoms. The minimum Gasteiger partial charge on any atom is -0.361 e. The molecule has 1 aromatic heterocycles. The second-order valence-electron chi connectivity index (χ2n) is 4.05. The third-order valence-electron chi connectivity index (χ3n) is 2.97. The summed E-state index contributed by atoms with van der Waals surface area (Å²) in [5, 5.41) is 10.1. The number of hydrogen-bond acceptors (Lipinski definition) is 1. The fraction of sp³-hybridized carbons (Fsp3) is 0. The maximum Gasteiger partial charge on any atom is 0.0991 e. The molecule has 3 rings (SSSR count). The van der Waals surface area contributed by atoms with Crippen molar-refractivity contribution >= 4 is 26.8 Å². The lowest BCUT2D eigenvalue weighted by Gasteiger charge is -2.02. The quantitative estimate of drug-likeness (QED) is 0.707. The van der Waals surface area contributed by atoms with Crippen LogP contribution in [0.2, 0.25) is 0 Å². The molecule has 0 saturated heterocycles. The van der Waals surface area contributed by atoms with Crippen LogP contribution in [0.5, 0.6) is 0 Å². The number of nitriles is 1. The smallest absolute Gasteiger partial charge is 0.0991 e. The molecular weight excluding hydrogens is 288 g/mol. The highest BCUT2D eigenvalue weighted by atomic mass is 79.9. The molecule has 0 atom stereocenters. The van der Waals surface area contributed by atoms with Crippen molar-refractivity contribution < 1.29 is 0 Å². The van der Waals surface area contributed by atoms with Crippen LogP contribution < -0.4 is 0 Å². The van der Waals surface area contributed by atoms with Crippen LogP contribution >= 0.6 is 15.9 Å². The number of nitrogens with one attached hydrogen (secondary N) is 1. The Kier molecular flexibility index (Phi) is 2.66. The summed E-state index contributed by atoms with van der Waals surface area (Å²) >= 11 is 3.56. The molecule has 0 bridgehead atoms. The van der Waals surface area contributed by atoms with E-state index in [1.54, 1.807) is 0 Å². The number of aromatic nitrogens is 1. The third-order valence-corrected chi connectivity index (χ3v) is 3.67. The van der Waals surface area contributed by atoms with Crippen LogP contribution in [0, 0.1) is 11.3 Å². The van der Waals surface area contributed by atoms with Gasteiger partial charge in [-0.2, -0.15) is 5.26 Å². The van der Waals surface area contributed by atoms with E-state index >= 15 is 0 Å². The SMILES string of the molecule is N#Cc1ccc2[nH]cc(-c3ccccc3Br)c2c1. The number of halogens is 1. The average molecular weight is 297 g/mol. The minimum absolute atomic E-state index is 0.676. The van der Waals surface area contributed by atoms with Crippen molar-refractivity contribution in [1.82, 2.24) is 4.98 Å². The summed E-state index contributed by atoms with van der Waals surface area (Å²) in [4.78, 5) is 3.23. The van der Waals surface area contributed by atoms with Crippen molar-refractivity contribution in [3.63, 3.8) is 0 Å². The lowest BCUT2D eigenvalue weighted by molar-refractivity contribution is 1.46. The summed E-state index contributed by atoms with van der Waals surface area (Å²) in [5.41, 5.74) is 3.95. The Morgan fingerprint density at radius 1 is 1.06 bits per heavy atom. The molecule has 0 amide bonds. The predicted molar refractivity (Wildman–Crippen MR) is 76.1 cm³/mol. The van der Waals surface area contributed by atoms with Crippen molar-refractivity contribution in [2.75, 3.05) is 0 Å². The van der Waals surface area contributed by atoms with Gasteiger partial charge in [0.2, 0.25) is 0 Å². The van der Waals surface area contributed by atoms with Crippen LogP contribution in [0.25, 0.3) is 22.0 Å². The van der Waals surface area contributed by atoms with Crippen molar-refractivity contribution in [1.29, 1.82) is 5.26 Å². The number of hydrogen-bond donors (Lipinski definition) is 1. The van der Waals surface area contributed by atoms with Gasteiger partial charge in [-0.3, -0.25) is 0 Å². The van der Waals surface area contributed by atoms with E-state index in [-0.39, 0.29) is 0 Å². The van der Waals surface area contributed by atoms with E-state index in [0.29, 0.717) is 5.56 Å². The molecule has 0 aliphatic carbocycles. The number of aromatic amines is 1. The van der Waals surface area contributed by atoms with Crippen LogP contribution in [0.15, 0.2) is 53.1 Å². The summed E-state index contributed by atoms with van der Waals surface area (Å²) in [5.74, 6) is 0. The topological polar surface area (TPSA) is 39.6 Å². The first kappa shape index (κ1) is 11.1. The number of nitrogens with zero attached hydrogens (tertiary/aromatic N) is 1. The molecule has 2 nitrogen and oxygen atoms in total. The fourth-order valence-corrected chi connectivity index (χ4v) is 2.59. The molecule has 0 aliphatic heterocycles. The van der Waals surface area contributed by atoms with E-state index in [0.717, 1.165) is 26.5 Å². The molecule has 18 heavy (non-hydrogen) atoms. The van der Waals surface area contributed by atoms with E-state index in [9.17, 15) is 0 Å². The molecule has 1 N–H and O–H groups in total. The first-order valence-electron chi connectivity index (χ1n) is 5.56. The fourth-order valence-electron chi connectivity index (χ4n) is 2.09. The van der Waals surface area contributed by atoms with Crippen LogP contribution in [0.4, 0.5) is 0 Å². The van der Waals surface area contributed by atoms with Crippen molar-refractivity contribution in [3.8, 4) is 17.2 Å². The van der Waals surface area contributed by atoms with E-state index in [2.05, 4.69) is 33.0 Å². The molecular formula is C15H9BrN2. The molecule has 2 aromatic carbocycles. The van der Waals surface area contributed by atoms with E-state index in [4.69, 9.17) is 5.26 Å². The normalized spacial score (nSPS) is 10.4. The first-order chi connectivity index (χ1) is 8.79. The molecule has 1 heterocycles. The standard InChI is InChI=1S/C15H9BrN2/c16-14-4-2-1-3-11(14)13-9-18-15-6-5-10(8-17)7-12(13)15/h1-7,9,18H. The molecule has 0 spiro atoms. The van der Waals surface area contributed by atoms with Crippen molar-refractivity contribution in [2.45, 2.75) is 0 Å². The summed E-state index contributed by atoms with van der Waals surface area (Å²) in [7, 11) is 0. The Bertz CT molecular complexity index is 766. The van der Waals surface area contributed by atoms with Gasteiger partial charge in [0, 0.05) is 27.1 Å². The molecule has 0 aliphatic rings. The number of rotatable bonds is 1. The van der Waals surface area contributed by atoms with E-state index in [1.807, 2.05) is 42.6 Å². The van der Waals surface area contributed by atoms with Gasteiger partial charge >= 0.3 is 0 Å². The number of H-pyrrole nitrogens is 1. The van der Waals surface area contributed by atoms with Gasteiger partial charge in [-0.1, -0.05) is 34.1 Å². The first-order valence-corrected chi connectivity index (χ1v) is 6.35. The molecule has 0 unspecified atom stereocenters. The zero-order valence-corrected chi connectivity index (χ0v) is 11.0. The zero-order chi connectivity index (χ0) is 12.5.